The molecule has 32 heavy (non-hydrogen) atoms. The number of carboxylic acids is 1. The van der Waals surface area contributed by atoms with Gasteiger partial charge in [0.2, 0.25) is 0 Å². The zero-order valence-electron chi connectivity index (χ0n) is 19.9. The van der Waals surface area contributed by atoms with Crippen molar-refractivity contribution < 1.29 is 19.4 Å². The maximum atomic E-state index is 12.9. The Morgan fingerprint density at radius 2 is 1.72 bits per heavy atom. The Hall–Kier alpha value is -1.92. The van der Waals surface area contributed by atoms with E-state index in [2.05, 4.69) is 11.8 Å². The molecule has 0 unspecified atom stereocenters. The predicted molar refractivity (Wildman–Crippen MR) is 127 cm³/mol. The molecule has 0 aromatic heterocycles. The number of carbonyl (C=O) groups is 2. The second-order valence-electron chi connectivity index (χ2n) is 9.45. The highest BCUT2D eigenvalue weighted by molar-refractivity contribution is 5.96. The van der Waals surface area contributed by atoms with E-state index in [-0.39, 0.29) is 18.1 Å². The van der Waals surface area contributed by atoms with Crippen molar-refractivity contribution in [3.8, 4) is 0 Å². The van der Waals surface area contributed by atoms with Crippen LogP contribution in [-0.2, 0) is 16.1 Å². The Bertz CT molecular complexity index is 758. The SMILES string of the molecule is CCC1CCC(N2CCCCCCCN(C(=O)COC)c3ccc(C(=O)O)cc3C2)CC1. The van der Waals surface area contributed by atoms with Crippen molar-refractivity contribution >= 4 is 17.6 Å². The number of methoxy groups -OCH3 is 1. The van der Waals surface area contributed by atoms with Gasteiger partial charge in [-0.3, -0.25) is 9.69 Å². The van der Waals surface area contributed by atoms with E-state index < -0.39 is 5.97 Å². The lowest BCUT2D eigenvalue weighted by Crippen LogP contribution is -2.40. The monoisotopic (exact) mass is 444 g/mol. The van der Waals surface area contributed by atoms with Crippen molar-refractivity contribution in [1.29, 1.82) is 0 Å². The Balaban J connectivity index is 1.94. The van der Waals surface area contributed by atoms with Gasteiger partial charge < -0.3 is 14.7 Å². The lowest BCUT2D eigenvalue weighted by atomic mass is 9.83. The molecule has 1 N–H and O–H groups in total. The molecule has 1 heterocycles. The number of benzene rings is 1. The molecule has 1 aromatic rings. The van der Waals surface area contributed by atoms with E-state index in [1.165, 1.54) is 58.5 Å². The van der Waals surface area contributed by atoms with Crippen LogP contribution >= 0.6 is 0 Å². The highest BCUT2D eigenvalue weighted by Crippen LogP contribution is 2.33. The van der Waals surface area contributed by atoms with Crippen LogP contribution in [0.3, 0.4) is 0 Å². The Morgan fingerprint density at radius 3 is 2.38 bits per heavy atom. The molecule has 1 aliphatic carbocycles. The Morgan fingerprint density at radius 1 is 1.03 bits per heavy atom. The van der Waals surface area contributed by atoms with Gasteiger partial charge in [-0.25, -0.2) is 4.79 Å². The number of hydrogen-bond acceptors (Lipinski definition) is 4. The van der Waals surface area contributed by atoms with Crippen LogP contribution in [0.25, 0.3) is 0 Å². The van der Waals surface area contributed by atoms with E-state index in [0.29, 0.717) is 19.1 Å². The van der Waals surface area contributed by atoms with Gasteiger partial charge in [0.1, 0.15) is 6.61 Å². The second-order valence-corrected chi connectivity index (χ2v) is 9.45. The fourth-order valence-electron chi connectivity index (χ4n) is 5.33. The summed E-state index contributed by atoms with van der Waals surface area (Å²) in [6.07, 6.45) is 11.8. The number of rotatable bonds is 5. The largest absolute Gasteiger partial charge is 0.478 e. The van der Waals surface area contributed by atoms with Crippen molar-refractivity contribution in [2.24, 2.45) is 5.92 Å². The number of aromatic carboxylic acids is 1. The second kappa shape index (κ2) is 12.4. The molecule has 0 atom stereocenters. The van der Waals surface area contributed by atoms with E-state index >= 15 is 0 Å². The first-order chi connectivity index (χ1) is 15.5. The van der Waals surface area contributed by atoms with Crippen molar-refractivity contribution in [1.82, 2.24) is 4.90 Å². The smallest absolute Gasteiger partial charge is 0.335 e. The van der Waals surface area contributed by atoms with Crippen LogP contribution in [0.4, 0.5) is 5.69 Å². The molecule has 1 aromatic carbocycles. The van der Waals surface area contributed by atoms with E-state index in [1.807, 2.05) is 11.0 Å². The van der Waals surface area contributed by atoms with Crippen molar-refractivity contribution in [2.75, 3.05) is 31.7 Å². The zero-order chi connectivity index (χ0) is 22.9. The van der Waals surface area contributed by atoms with Gasteiger partial charge in [-0.15, -0.1) is 0 Å². The molecule has 3 rings (SSSR count). The molecule has 1 amide bonds. The first-order valence-corrected chi connectivity index (χ1v) is 12.4. The van der Waals surface area contributed by atoms with Gasteiger partial charge in [-0.2, -0.15) is 0 Å². The molecule has 6 nitrogen and oxygen atoms in total. The topological polar surface area (TPSA) is 70.1 Å². The van der Waals surface area contributed by atoms with Crippen LogP contribution in [0.1, 0.15) is 87.1 Å². The van der Waals surface area contributed by atoms with Gasteiger partial charge in [0.15, 0.2) is 0 Å². The van der Waals surface area contributed by atoms with E-state index in [0.717, 1.165) is 36.6 Å². The molecule has 178 valence electrons. The maximum Gasteiger partial charge on any atom is 0.335 e. The minimum atomic E-state index is -0.927. The molecule has 2 aliphatic rings. The number of carbonyl (C=O) groups excluding carboxylic acids is 1. The molecule has 0 radical (unpaired) electrons. The van der Waals surface area contributed by atoms with Crippen LogP contribution in [0, 0.1) is 5.92 Å². The first-order valence-electron chi connectivity index (χ1n) is 12.4. The molecule has 0 spiro atoms. The number of carboxylic acid groups (broad SMARTS) is 1. The van der Waals surface area contributed by atoms with Gasteiger partial charge in [-0.1, -0.05) is 32.6 Å². The van der Waals surface area contributed by atoms with Crippen LogP contribution < -0.4 is 4.90 Å². The lowest BCUT2D eigenvalue weighted by Gasteiger charge is -2.38. The molecule has 1 saturated carbocycles. The van der Waals surface area contributed by atoms with Gasteiger partial charge in [0, 0.05) is 31.9 Å². The fourth-order valence-corrected chi connectivity index (χ4v) is 5.33. The van der Waals surface area contributed by atoms with Gasteiger partial charge in [0.05, 0.1) is 5.56 Å². The summed E-state index contributed by atoms with van der Waals surface area (Å²) in [7, 11) is 1.54. The zero-order valence-corrected chi connectivity index (χ0v) is 19.9. The first kappa shape index (κ1) is 24.7. The van der Waals surface area contributed by atoms with Crippen LogP contribution in [-0.4, -0.2) is 54.7 Å². The molecule has 0 bridgehead atoms. The molecule has 0 saturated heterocycles. The number of ether oxygens (including phenoxy) is 1. The average molecular weight is 445 g/mol. The highest BCUT2D eigenvalue weighted by Gasteiger charge is 2.27. The molecule has 6 heteroatoms. The number of amides is 1. The third kappa shape index (κ3) is 6.55. The normalized spacial score (nSPS) is 23.6. The van der Waals surface area contributed by atoms with Crippen LogP contribution in [0.2, 0.25) is 0 Å². The van der Waals surface area contributed by atoms with Gasteiger partial charge in [-0.05, 0) is 74.8 Å². The summed E-state index contributed by atoms with van der Waals surface area (Å²) in [4.78, 5) is 29.0. The van der Waals surface area contributed by atoms with Crippen molar-refractivity contribution in [2.45, 2.75) is 83.7 Å². The Labute approximate surface area is 192 Å². The number of anilines is 1. The van der Waals surface area contributed by atoms with Crippen molar-refractivity contribution in [3.63, 3.8) is 0 Å². The summed E-state index contributed by atoms with van der Waals surface area (Å²) in [6, 6.07) is 5.76. The maximum absolute atomic E-state index is 12.9. The summed E-state index contributed by atoms with van der Waals surface area (Å²) in [5.41, 5.74) is 2.06. The molecular formula is C26H40N2O4. The summed E-state index contributed by atoms with van der Waals surface area (Å²) in [5.74, 6) is -0.153. The molecule has 1 fully saturated rings. The fraction of sp³-hybridized carbons (Fsp3) is 0.692. The lowest BCUT2D eigenvalue weighted by molar-refractivity contribution is -0.122. The number of fused-ring (bicyclic) bond motifs is 1. The summed E-state index contributed by atoms with van der Waals surface area (Å²) in [6.45, 7) is 4.68. The summed E-state index contributed by atoms with van der Waals surface area (Å²) < 4.78 is 5.15. The quantitative estimate of drug-likeness (QED) is 0.684. The minimum Gasteiger partial charge on any atom is -0.478 e. The summed E-state index contributed by atoms with van der Waals surface area (Å²) >= 11 is 0. The third-order valence-electron chi connectivity index (χ3n) is 7.30. The molecule has 1 aliphatic heterocycles. The standard InChI is InChI=1S/C26H40N2O4/c1-3-20-9-12-23(13-10-20)27-15-7-5-4-6-8-16-28(25(29)19-32-2)24-14-11-21(26(30)31)17-22(24)18-27/h11,14,17,20,23H,3-10,12-13,15-16,18-19H2,1-2H3,(H,30,31). The van der Waals surface area contributed by atoms with E-state index in [1.54, 1.807) is 12.1 Å². The van der Waals surface area contributed by atoms with Crippen LogP contribution in [0.15, 0.2) is 18.2 Å². The van der Waals surface area contributed by atoms with Gasteiger partial charge >= 0.3 is 5.97 Å². The highest BCUT2D eigenvalue weighted by atomic mass is 16.5. The van der Waals surface area contributed by atoms with Crippen LogP contribution in [0.5, 0.6) is 0 Å². The predicted octanol–water partition coefficient (Wildman–Crippen LogP) is 5.10. The van der Waals surface area contributed by atoms with Crippen molar-refractivity contribution in [3.05, 3.63) is 29.3 Å². The molecular weight excluding hydrogens is 404 g/mol. The van der Waals surface area contributed by atoms with Gasteiger partial charge in [0.25, 0.3) is 5.91 Å². The third-order valence-corrected chi connectivity index (χ3v) is 7.30. The van der Waals surface area contributed by atoms with E-state index in [4.69, 9.17) is 4.74 Å². The number of hydrogen-bond donors (Lipinski definition) is 1. The average Bonchev–Trinajstić information content (AvgIpc) is 2.79. The summed E-state index contributed by atoms with van der Waals surface area (Å²) in [5, 5.41) is 9.61. The number of nitrogens with zero attached hydrogens (tertiary/aromatic N) is 2. The minimum absolute atomic E-state index is 0.0326. The Kier molecular flexibility index (Phi) is 9.54. The van der Waals surface area contributed by atoms with E-state index in [9.17, 15) is 14.7 Å².